The molecule has 216 valence electrons. The molecule has 0 aliphatic carbocycles. The fourth-order valence-electron chi connectivity index (χ4n) is 6.25. The second kappa shape index (κ2) is 13.1. The Morgan fingerprint density at radius 1 is 0.318 bits per heavy atom. The summed E-state index contributed by atoms with van der Waals surface area (Å²) in [5, 5.41) is 0. The Kier molecular flexibility index (Phi) is 8.65. The predicted octanol–water partition coefficient (Wildman–Crippen LogP) is 9.73. The second-order valence-corrected chi connectivity index (χ2v) is 10.8. The van der Waals surface area contributed by atoms with Gasteiger partial charge in [0.05, 0.1) is 0 Å². The van der Waals surface area contributed by atoms with Gasteiger partial charge in [-0.15, -0.1) is 0 Å². The molecule has 6 aromatic rings. The van der Waals surface area contributed by atoms with Gasteiger partial charge in [-0.05, 0) is 44.5 Å². The molecule has 0 aliphatic heterocycles. The summed E-state index contributed by atoms with van der Waals surface area (Å²) in [5.41, 5.74) is 7.36. The zero-order valence-electron chi connectivity index (χ0n) is 25.1. The highest BCUT2D eigenvalue weighted by Crippen LogP contribution is 2.41. The van der Waals surface area contributed by atoms with Gasteiger partial charge in [0.15, 0.2) is 0 Å². The number of benzene rings is 6. The van der Waals surface area contributed by atoms with Crippen LogP contribution in [0.15, 0.2) is 170 Å². The summed E-state index contributed by atoms with van der Waals surface area (Å²) in [7, 11) is 3.57. The number of rotatable bonds is 10. The van der Waals surface area contributed by atoms with E-state index < -0.39 is 11.2 Å². The minimum Gasteiger partial charge on any atom is -0.364 e. The van der Waals surface area contributed by atoms with Crippen molar-refractivity contribution in [2.24, 2.45) is 0 Å². The van der Waals surface area contributed by atoms with E-state index in [2.05, 4.69) is 158 Å². The Hall–Kier alpha value is -5.02. The van der Waals surface area contributed by atoms with E-state index >= 15 is 0 Å². The Morgan fingerprint density at radius 3 is 0.773 bits per heavy atom. The van der Waals surface area contributed by atoms with E-state index in [1.807, 2.05) is 24.3 Å². The third-order valence-electron chi connectivity index (χ3n) is 8.44. The summed E-state index contributed by atoms with van der Waals surface area (Å²) >= 11 is 0. The van der Waals surface area contributed by atoms with Crippen molar-refractivity contribution in [1.29, 1.82) is 0 Å². The van der Waals surface area contributed by atoms with Gasteiger partial charge in [0.2, 0.25) is 0 Å². The van der Waals surface area contributed by atoms with E-state index in [9.17, 15) is 0 Å². The zero-order valence-corrected chi connectivity index (χ0v) is 25.1. The molecule has 6 aromatic carbocycles. The maximum absolute atomic E-state index is 6.35. The molecule has 0 atom stereocenters. The van der Waals surface area contributed by atoms with Crippen molar-refractivity contribution in [3.63, 3.8) is 0 Å². The molecule has 0 amide bonds. The van der Waals surface area contributed by atoms with E-state index in [0.29, 0.717) is 0 Å². The number of ether oxygens (including phenoxy) is 2. The summed E-state index contributed by atoms with van der Waals surface area (Å²) in [6.07, 6.45) is 4.30. The van der Waals surface area contributed by atoms with E-state index in [0.717, 1.165) is 44.5 Å². The van der Waals surface area contributed by atoms with Crippen molar-refractivity contribution in [2.45, 2.75) is 11.2 Å². The van der Waals surface area contributed by atoms with Crippen LogP contribution < -0.4 is 0 Å². The molecule has 0 unspecified atom stereocenters. The zero-order chi connectivity index (χ0) is 30.2. The molecular formula is C42H36O2. The normalized spacial score (nSPS) is 12.0. The van der Waals surface area contributed by atoms with Crippen molar-refractivity contribution in [2.75, 3.05) is 14.2 Å². The van der Waals surface area contributed by atoms with Crippen LogP contribution in [0.4, 0.5) is 0 Å². The van der Waals surface area contributed by atoms with Gasteiger partial charge in [-0.2, -0.15) is 0 Å². The Bertz CT molecular complexity index is 1560. The third kappa shape index (κ3) is 5.42. The molecule has 0 aliphatic rings. The summed E-state index contributed by atoms with van der Waals surface area (Å²) in [5.74, 6) is 0. The second-order valence-electron chi connectivity index (χ2n) is 10.8. The molecule has 0 saturated heterocycles. The lowest BCUT2D eigenvalue weighted by molar-refractivity contribution is 0.0584. The van der Waals surface area contributed by atoms with Gasteiger partial charge < -0.3 is 9.47 Å². The molecule has 0 spiro atoms. The minimum absolute atomic E-state index is 0.702. The monoisotopic (exact) mass is 572 g/mol. The first-order valence-electron chi connectivity index (χ1n) is 14.9. The Labute approximate surface area is 260 Å². The molecule has 0 bridgehead atoms. The van der Waals surface area contributed by atoms with E-state index in [-0.39, 0.29) is 0 Å². The van der Waals surface area contributed by atoms with Gasteiger partial charge in [0.1, 0.15) is 11.2 Å². The number of hydrogen-bond acceptors (Lipinski definition) is 2. The lowest BCUT2D eigenvalue weighted by atomic mass is 9.79. The third-order valence-corrected chi connectivity index (χ3v) is 8.44. The molecule has 6 rings (SSSR count). The summed E-state index contributed by atoms with van der Waals surface area (Å²) < 4.78 is 12.7. The molecule has 0 N–H and O–H groups in total. The average molecular weight is 573 g/mol. The first-order valence-corrected chi connectivity index (χ1v) is 14.9. The lowest BCUT2D eigenvalue weighted by Gasteiger charge is -2.34. The van der Waals surface area contributed by atoms with E-state index in [1.165, 1.54) is 0 Å². The summed E-state index contributed by atoms with van der Waals surface area (Å²) in [6, 6.07) is 58.9. The minimum atomic E-state index is -0.702. The topological polar surface area (TPSA) is 18.5 Å². The highest BCUT2D eigenvalue weighted by Gasteiger charge is 2.37. The molecule has 0 saturated carbocycles. The van der Waals surface area contributed by atoms with Crippen molar-refractivity contribution in [3.05, 3.63) is 214 Å². The van der Waals surface area contributed by atoms with Crippen LogP contribution in [-0.2, 0) is 20.7 Å². The maximum atomic E-state index is 6.35. The highest BCUT2D eigenvalue weighted by atomic mass is 16.5. The van der Waals surface area contributed by atoms with Gasteiger partial charge in [-0.25, -0.2) is 0 Å². The molecule has 44 heavy (non-hydrogen) atoms. The van der Waals surface area contributed by atoms with Crippen molar-refractivity contribution in [3.8, 4) is 0 Å². The maximum Gasteiger partial charge on any atom is 0.143 e. The standard InChI is InChI=1S/C42H36O2/c1-43-41(35-15-7-3-8-16-35,36-17-9-4-10-18-36)39-29-25-33(26-30-39)23-24-34-27-31-40(32-28-34)42(44-2,37-19-11-5-12-20-37)38-21-13-6-14-22-38/h3-32H,1-2H3/b24-23+. The molecule has 0 radical (unpaired) electrons. The van der Waals surface area contributed by atoms with Crippen LogP contribution in [0.5, 0.6) is 0 Å². The quantitative estimate of drug-likeness (QED) is 0.120. The largest absolute Gasteiger partial charge is 0.364 e. The molecule has 0 fully saturated rings. The van der Waals surface area contributed by atoms with Crippen LogP contribution in [0.25, 0.3) is 12.2 Å². The highest BCUT2D eigenvalue weighted by molar-refractivity contribution is 5.70. The molecule has 2 heteroatoms. The van der Waals surface area contributed by atoms with Gasteiger partial charge in [0, 0.05) is 14.2 Å². The number of methoxy groups -OCH3 is 2. The van der Waals surface area contributed by atoms with Crippen molar-refractivity contribution in [1.82, 2.24) is 0 Å². The fourth-order valence-corrected chi connectivity index (χ4v) is 6.25. The molecule has 0 heterocycles. The average Bonchev–Trinajstić information content (AvgIpc) is 3.11. The van der Waals surface area contributed by atoms with Crippen molar-refractivity contribution < 1.29 is 9.47 Å². The van der Waals surface area contributed by atoms with Gasteiger partial charge in [0.25, 0.3) is 0 Å². The van der Waals surface area contributed by atoms with Gasteiger partial charge in [-0.3, -0.25) is 0 Å². The van der Waals surface area contributed by atoms with Crippen LogP contribution in [0, 0.1) is 0 Å². The molecule has 0 aromatic heterocycles. The summed E-state index contributed by atoms with van der Waals surface area (Å²) in [4.78, 5) is 0. The molecule has 2 nitrogen and oxygen atoms in total. The number of hydrogen-bond donors (Lipinski definition) is 0. The Morgan fingerprint density at radius 2 is 0.545 bits per heavy atom. The SMILES string of the molecule is COC(c1ccccc1)(c1ccccc1)c1ccc(/C=C/c2ccc(C(OC)(c3ccccc3)c3ccccc3)cc2)cc1. The smallest absolute Gasteiger partial charge is 0.143 e. The van der Waals surface area contributed by atoms with Crippen LogP contribution in [0.1, 0.15) is 44.5 Å². The van der Waals surface area contributed by atoms with Crippen LogP contribution in [-0.4, -0.2) is 14.2 Å². The van der Waals surface area contributed by atoms with Gasteiger partial charge >= 0.3 is 0 Å². The molecular weight excluding hydrogens is 536 g/mol. The first-order chi connectivity index (χ1) is 21.7. The lowest BCUT2D eigenvalue weighted by Crippen LogP contribution is -2.31. The van der Waals surface area contributed by atoms with Gasteiger partial charge in [-0.1, -0.05) is 182 Å². The summed E-state index contributed by atoms with van der Waals surface area (Å²) in [6.45, 7) is 0. The van der Waals surface area contributed by atoms with Crippen LogP contribution in [0.3, 0.4) is 0 Å². The fraction of sp³-hybridized carbons (Fsp3) is 0.0952. The van der Waals surface area contributed by atoms with E-state index in [1.54, 1.807) is 14.2 Å². The van der Waals surface area contributed by atoms with Crippen LogP contribution in [0.2, 0.25) is 0 Å². The predicted molar refractivity (Wildman–Crippen MR) is 181 cm³/mol. The first kappa shape index (κ1) is 29.1. The van der Waals surface area contributed by atoms with E-state index in [4.69, 9.17) is 9.47 Å². The van der Waals surface area contributed by atoms with Crippen molar-refractivity contribution >= 4 is 12.2 Å². The van der Waals surface area contributed by atoms with Crippen LogP contribution >= 0.6 is 0 Å². The Balaban J connectivity index is 1.30.